The molecule has 0 spiro atoms. The molecule has 0 unspecified atom stereocenters. The van der Waals surface area contributed by atoms with Gasteiger partial charge in [-0.2, -0.15) is 21.9 Å². The van der Waals surface area contributed by atoms with Gasteiger partial charge in [0.25, 0.3) is 0 Å². The first-order chi connectivity index (χ1) is 44.9. The molecule has 0 atom stereocenters. The molecule has 0 saturated heterocycles. The molecule has 442 valence electrons. The third-order valence-corrected chi connectivity index (χ3v) is 26.2. The van der Waals surface area contributed by atoms with Crippen LogP contribution in [0.25, 0.3) is 21.8 Å². The van der Waals surface area contributed by atoms with Crippen LogP contribution in [0.4, 0.5) is 0 Å². The van der Waals surface area contributed by atoms with E-state index in [1.165, 1.54) is 59.0 Å². The summed E-state index contributed by atoms with van der Waals surface area (Å²) < 4.78 is 2.32. The van der Waals surface area contributed by atoms with Crippen LogP contribution in [-0.2, 0) is 18.1 Å². The number of pyridine rings is 2. The Labute approximate surface area is 546 Å². The van der Waals surface area contributed by atoms with Gasteiger partial charge in [-0.1, -0.05) is 158 Å². The fraction of sp³-hybridized carbons (Fsp3) is 0. The third-order valence-electron chi connectivity index (χ3n) is 16.5. The fourth-order valence-corrected chi connectivity index (χ4v) is 22.3. The average molecular weight is 1390 g/mol. The number of benzene rings is 12. The quantitative estimate of drug-likeness (QED) is 0.0493. The summed E-state index contributed by atoms with van der Waals surface area (Å²) in [4.78, 5) is 8.06. The molecule has 0 radical (unpaired) electrons. The standard InChI is InChI=1S/C41H33P2.C24H20B.2C9H7NO.Os/c1-34(42(36-21-9-3-10-22-36,37-23-11-4-12-24-37)38-25-13-5-14-26-38)33-35(2)43(39-27-15-6-16-28-39,40-29-17-7-18-30-40)41-31-19-8-20-32-41;1-5-13-21(14-6-1)25(22-15-7-2-8-16-22,23-17-9-3-10-18-23)24-19-11-4-12-20-24;2*11-8-5-1-3-7-4-2-6-10-9(7)8;/h1-33H;1-20H;2*1-6,11H;/q+1;-1;;;/b34-33+;;;;. The van der Waals surface area contributed by atoms with Crippen LogP contribution >= 0.6 is 14.5 Å². The van der Waals surface area contributed by atoms with Gasteiger partial charge in [-0.3, -0.25) is 9.97 Å². The van der Waals surface area contributed by atoms with E-state index in [0.29, 0.717) is 11.0 Å². The van der Waals surface area contributed by atoms with Crippen LogP contribution in [0.5, 0.6) is 11.5 Å². The molecule has 0 bridgehead atoms. The van der Waals surface area contributed by atoms with Crippen LogP contribution in [0.15, 0.2) is 393 Å². The topological polar surface area (TPSA) is 66.2 Å². The van der Waals surface area contributed by atoms with Crippen LogP contribution in [0.3, 0.4) is 0 Å². The number of allylic oxidation sites excluding steroid dienone is 3. The second-order valence-corrected chi connectivity index (χ2v) is 29.2. The van der Waals surface area contributed by atoms with Gasteiger partial charge in [0.1, 0.15) is 28.7 Å². The second kappa shape index (κ2) is 30.5. The van der Waals surface area contributed by atoms with Crippen molar-refractivity contribution in [1.82, 2.24) is 9.97 Å². The first-order valence-electron chi connectivity index (χ1n) is 30.2. The number of rotatable bonds is 14. The number of fused-ring (bicyclic) bond motifs is 2. The molecule has 0 amide bonds. The van der Waals surface area contributed by atoms with E-state index in [0.717, 1.165) is 16.1 Å². The second-order valence-electron chi connectivity index (χ2n) is 21.7. The molecular formula is C83H67BN2O2OsP2. The summed E-state index contributed by atoms with van der Waals surface area (Å²) in [5.74, 6) is 0.478. The monoisotopic (exact) mass is 1390 g/mol. The molecule has 0 aliphatic carbocycles. The molecule has 8 heteroatoms. The molecule has 0 saturated carbocycles. The largest absolute Gasteiger partial charge is 0.195 e. The van der Waals surface area contributed by atoms with Gasteiger partial charge in [-0.15, -0.1) is 0 Å². The molecule has 0 fully saturated rings. The number of phenolic OH excluding ortho intramolecular Hbond substituents is 2. The number of aromatic nitrogens is 2. The Morgan fingerprint density at radius 2 is 0.549 bits per heavy atom. The van der Waals surface area contributed by atoms with Crippen LogP contribution in [0, 0.1) is 6.58 Å². The van der Waals surface area contributed by atoms with Gasteiger partial charge in [-0.25, -0.2) is 0 Å². The predicted molar refractivity (Wildman–Crippen MR) is 389 cm³/mol. The summed E-state index contributed by atoms with van der Waals surface area (Å²) in [5, 5.41) is 30.3. The number of aromatic hydroxyl groups is 2. The van der Waals surface area contributed by atoms with Gasteiger partial charge in [-0.05, 0) is 24.3 Å². The first-order valence-corrected chi connectivity index (χ1v) is 35.3. The van der Waals surface area contributed by atoms with Crippen molar-refractivity contribution in [3.05, 3.63) is 400 Å². The molecule has 2 aromatic heterocycles. The van der Waals surface area contributed by atoms with Crippen molar-refractivity contribution in [2.24, 2.45) is 0 Å². The number of hydrogen-bond donors (Lipinski definition) is 2. The van der Waals surface area contributed by atoms with Crippen molar-refractivity contribution in [1.29, 1.82) is 0 Å². The molecule has 91 heavy (non-hydrogen) atoms. The van der Waals surface area contributed by atoms with Gasteiger partial charge in [0.15, 0.2) is 0 Å². The Morgan fingerprint density at radius 3 is 0.802 bits per heavy atom. The van der Waals surface area contributed by atoms with Crippen molar-refractivity contribution < 1.29 is 28.4 Å². The SMILES string of the molecule is Oc1cccc2cccnc12.Oc1cccc2cccnc12.[CH-]=C(/C=C(\[CH]=[Os])[P+](c1ccccc1)(c1ccccc1)c1ccccc1)[P+](c1ccccc1)(c1ccccc1)c1ccccc1.c1ccc([B-](c2ccccc2)(c2ccccc2)c2ccccc2)cc1. The zero-order valence-electron chi connectivity index (χ0n) is 50.1. The maximum absolute atomic E-state index is 9.31. The smallest absolute Gasteiger partial charge is 0.108 e. The summed E-state index contributed by atoms with van der Waals surface area (Å²) in [6.45, 7) is 7.65. The van der Waals surface area contributed by atoms with Gasteiger partial charge in [0.2, 0.25) is 0 Å². The van der Waals surface area contributed by atoms with E-state index >= 15 is 0 Å². The normalized spacial score (nSPS) is 11.3. The summed E-state index contributed by atoms with van der Waals surface area (Å²) in [7, 11) is -4.77. The molecular weight excluding hydrogens is 1320 g/mol. The van der Waals surface area contributed by atoms with Gasteiger partial charge in [0, 0.05) is 23.2 Å². The molecule has 2 N–H and O–H groups in total. The van der Waals surface area contributed by atoms with E-state index in [1.54, 1.807) is 36.7 Å². The van der Waals surface area contributed by atoms with Gasteiger partial charge in [0.05, 0.1) is 0 Å². The molecule has 14 rings (SSSR count). The van der Waals surface area contributed by atoms with Crippen molar-refractivity contribution in [3.8, 4) is 11.5 Å². The number of para-hydroxylation sites is 2. The third kappa shape index (κ3) is 13.5. The number of hydrogen-bond acceptors (Lipinski definition) is 4. The number of nitrogens with zero attached hydrogens (tertiary/aromatic N) is 2. The summed E-state index contributed by atoms with van der Waals surface area (Å²) >= 11 is 1.91. The van der Waals surface area contributed by atoms with Crippen molar-refractivity contribution >= 4 is 101 Å². The Bertz CT molecular complexity index is 4180. The molecule has 14 aromatic rings. The predicted octanol–water partition coefficient (Wildman–Crippen LogP) is 14.5. The Kier molecular flexibility index (Phi) is 20.9. The summed E-state index contributed by atoms with van der Waals surface area (Å²) in [6, 6.07) is 127. The summed E-state index contributed by atoms with van der Waals surface area (Å²) in [6.07, 6.45) is 4.46. The summed E-state index contributed by atoms with van der Waals surface area (Å²) in [5.41, 5.74) is 6.68. The van der Waals surface area contributed by atoms with Gasteiger partial charge >= 0.3 is 274 Å². The Balaban J connectivity index is 0.000000149. The number of phenols is 2. The van der Waals surface area contributed by atoms with Gasteiger partial charge < -0.3 is 10.2 Å². The maximum atomic E-state index is 9.31. The van der Waals surface area contributed by atoms with E-state index in [4.69, 9.17) is 6.58 Å². The van der Waals surface area contributed by atoms with Crippen molar-refractivity contribution in [2.75, 3.05) is 0 Å². The first kappa shape index (κ1) is 62.6. The Hall–Kier alpha value is -10.0. The zero-order valence-corrected chi connectivity index (χ0v) is 54.5. The fourth-order valence-electron chi connectivity index (χ4n) is 12.4. The van der Waals surface area contributed by atoms with Crippen LogP contribution in [0.1, 0.15) is 0 Å². The molecule has 0 aliphatic heterocycles. The Morgan fingerprint density at radius 1 is 0.308 bits per heavy atom. The minimum absolute atomic E-state index is 0.239. The van der Waals surface area contributed by atoms with E-state index < -0.39 is 20.7 Å². The van der Waals surface area contributed by atoms with E-state index in [1.807, 2.05) is 54.5 Å². The van der Waals surface area contributed by atoms with Crippen LogP contribution in [0.2, 0.25) is 0 Å². The molecule has 12 aromatic carbocycles. The maximum Gasteiger partial charge on any atom is 0.108 e. The average Bonchev–Trinajstić information content (AvgIpc) is 0.779. The minimum Gasteiger partial charge on any atom is -0.195 e. The van der Waals surface area contributed by atoms with E-state index in [2.05, 4.69) is 324 Å². The van der Waals surface area contributed by atoms with E-state index in [9.17, 15) is 10.2 Å². The van der Waals surface area contributed by atoms with Crippen molar-refractivity contribution in [2.45, 2.75) is 0 Å². The molecule has 0 aliphatic rings. The van der Waals surface area contributed by atoms with Crippen LogP contribution < -0.4 is 53.7 Å². The van der Waals surface area contributed by atoms with Crippen molar-refractivity contribution in [3.63, 3.8) is 0 Å². The molecule has 2 heterocycles. The zero-order chi connectivity index (χ0) is 62.6. The minimum atomic E-state index is -2.44. The van der Waals surface area contributed by atoms with Crippen LogP contribution in [-0.4, -0.2) is 30.9 Å². The van der Waals surface area contributed by atoms with E-state index in [-0.39, 0.29) is 11.5 Å². The molecule has 4 nitrogen and oxygen atoms in total.